The maximum Gasteiger partial charge on any atom is 0.128 e. The summed E-state index contributed by atoms with van der Waals surface area (Å²) in [5.74, 6) is 0.978. The van der Waals surface area contributed by atoms with Crippen LogP contribution in [0.5, 0.6) is 0 Å². The molecule has 20 heavy (non-hydrogen) atoms. The van der Waals surface area contributed by atoms with Gasteiger partial charge in [0.25, 0.3) is 0 Å². The van der Waals surface area contributed by atoms with E-state index in [9.17, 15) is 0 Å². The average Bonchev–Trinajstić information content (AvgIpc) is 3.31. The lowest BCUT2D eigenvalue weighted by Gasteiger charge is -2.17. The van der Waals surface area contributed by atoms with E-state index in [4.69, 9.17) is 0 Å². The van der Waals surface area contributed by atoms with E-state index in [-0.39, 0.29) is 0 Å². The summed E-state index contributed by atoms with van der Waals surface area (Å²) in [7, 11) is 2.04. The van der Waals surface area contributed by atoms with E-state index in [1.807, 2.05) is 37.6 Å². The summed E-state index contributed by atoms with van der Waals surface area (Å²) in [6, 6.07) is 10.9. The third-order valence-electron chi connectivity index (χ3n) is 3.50. The lowest BCUT2D eigenvalue weighted by Crippen LogP contribution is -2.19. The topological polar surface area (TPSA) is 41.1 Å². The first-order chi connectivity index (χ1) is 9.81. The molecule has 0 saturated heterocycles. The van der Waals surface area contributed by atoms with Crippen molar-refractivity contribution in [2.75, 3.05) is 11.9 Å². The molecule has 0 radical (unpaired) electrons. The molecule has 0 atom stereocenters. The van der Waals surface area contributed by atoms with Crippen molar-refractivity contribution in [2.24, 2.45) is 0 Å². The summed E-state index contributed by atoms with van der Waals surface area (Å²) in [5.41, 5.74) is 2.29. The maximum absolute atomic E-state index is 4.53. The van der Waals surface area contributed by atoms with Crippen molar-refractivity contribution in [1.29, 1.82) is 0 Å². The fourth-order valence-electron chi connectivity index (χ4n) is 2.11. The number of hydrogen-bond acceptors (Lipinski definition) is 4. The van der Waals surface area contributed by atoms with Crippen LogP contribution in [0.4, 0.5) is 5.82 Å². The predicted molar refractivity (Wildman–Crippen MR) is 80.4 cm³/mol. The molecule has 104 valence electrons. The second-order valence-electron chi connectivity index (χ2n) is 5.36. The van der Waals surface area contributed by atoms with Crippen LogP contribution in [-0.4, -0.2) is 23.1 Å². The lowest BCUT2D eigenvalue weighted by molar-refractivity contribution is 0.685. The van der Waals surface area contributed by atoms with Gasteiger partial charge in [-0.1, -0.05) is 12.1 Å². The number of pyridine rings is 2. The Labute approximate surface area is 119 Å². The van der Waals surface area contributed by atoms with Crippen molar-refractivity contribution >= 4 is 5.82 Å². The third-order valence-corrected chi connectivity index (χ3v) is 3.50. The van der Waals surface area contributed by atoms with E-state index in [1.54, 1.807) is 0 Å². The summed E-state index contributed by atoms with van der Waals surface area (Å²) in [4.78, 5) is 11.0. The minimum absolute atomic E-state index is 0.738. The van der Waals surface area contributed by atoms with Crippen LogP contribution in [0.25, 0.3) is 0 Å². The highest BCUT2D eigenvalue weighted by Gasteiger charge is 2.19. The Morgan fingerprint density at radius 2 is 2.10 bits per heavy atom. The Morgan fingerprint density at radius 3 is 2.75 bits per heavy atom. The number of nitrogens with one attached hydrogen (secondary N) is 1. The molecule has 0 amide bonds. The molecule has 0 aliphatic heterocycles. The van der Waals surface area contributed by atoms with Gasteiger partial charge < -0.3 is 10.2 Å². The summed E-state index contributed by atoms with van der Waals surface area (Å²) >= 11 is 0. The Morgan fingerprint density at radius 1 is 1.20 bits per heavy atom. The first-order valence-electron chi connectivity index (χ1n) is 7.10. The molecule has 3 rings (SSSR count). The average molecular weight is 268 g/mol. The van der Waals surface area contributed by atoms with Gasteiger partial charge in [-0.3, -0.25) is 4.98 Å². The van der Waals surface area contributed by atoms with Gasteiger partial charge in [-0.2, -0.15) is 0 Å². The fraction of sp³-hybridized carbons (Fsp3) is 0.375. The largest absolute Gasteiger partial charge is 0.354 e. The van der Waals surface area contributed by atoms with Crippen LogP contribution < -0.4 is 10.2 Å². The van der Waals surface area contributed by atoms with E-state index in [2.05, 4.69) is 32.3 Å². The molecule has 2 aromatic heterocycles. The van der Waals surface area contributed by atoms with Crippen molar-refractivity contribution in [2.45, 2.75) is 32.0 Å². The Hall–Kier alpha value is -1.94. The van der Waals surface area contributed by atoms with Gasteiger partial charge in [-0.05, 0) is 36.6 Å². The second-order valence-corrected chi connectivity index (χ2v) is 5.36. The highest BCUT2D eigenvalue weighted by Crippen LogP contribution is 2.19. The molecular formula is C16H20N4. The van der Waals surface area contributed by atoms with Gasteiger partial charge in [0.15, 0.2) is 0 Å². The van der Waals surface area contributed by atoms with Gasteiger partial charge in [0.2, 0.25) is 0 Å². The minimum atomic E-state index is 0.738. The predicted octanol–water partition coefficient (Wildman–Crippen LogP) is 2.37. The lowest BCUT2D eigenvalue weighted by atomic mass is 10.2. The van der Waals surface area contributed by atoms with Crippen molar-refractivity contribution in [3.8, 4) is 0 Å². The zero-order valence-corrected chi connectivity index (χ0v) is 11.8. The van der Waals surface area contributed by atoms with Gasteiger partial charge in [-0.15, -0.1) is 0 Å². The van der Waals surface area contributed by atoms with E-state index in [1.165, 1.54) is 18.4 Å². The molecule has 1 N–H and O–H groups in total. The summed E-state index contributed by atoms with van der Waals surface area (Å²) in [6.45, 7) is 1.69. The smallest absolute Gasteiger partial charge is 0.128 e. The number of hydrogen-bond donors (Lipinski definition) is 1. The standard InChI is InChI=1S/C16H20N4/c1-20(12-15-4-2-3-9-17-15)16-8-5-13(11-19-16)10-18-14-6-7-14/h2-5,8-9,11,14,18H,6-7,10,12H2,1H3. The third kappa shape index (κ3) is 3.54. The highest BCUT2D eigenvalue weighted by atomic mass is 15.2. The van der Waals surface area contributed by atoms with E-state index in [0.717, 1.165) is 30.6 Å². The fourth-order valence-corrected chi connectivity index (χ4v) is 2.11. The van der Waals surface area contributed by atoms with Crippen LogP contribution in [0.3, 0.4) is 0 Å². The Kier molecular flexibility index (Phi) is 3.92. The molecule has 2 heterocycles. The molecular weight excluding hydrogens is 248 g/mol. The monoisotopic (exact) mass is 268 g/mol. The number of rotatable bonds is 6. The zero-order chi connectivity index (χ0) is 13.8. The van der Waals surface area contributed by atoms with Crippen molar-refractivity contribution in [3.63, 3.8) is 0 Å². The van der Waals surface area contributed by atoms with Crippen LogP contribution in [-0.2, 0) is 13.1 Å². The molecule has 1 saturated carbocycles. The Bertz CT molecular complexity index is 534. The molecule has 1 aliphatic rings. The molecule has 1 aliphatic carbocycles. The second kappa shape index (κ2) is 6.01. The molecule has 4 heteroatoms. The number of aromatic nitrogens is 2. The van der Waals surface area contributed by atoms with Crippen molar-refractivity contribution < 1.29 is 0 Å². The van der Waals surface area contributed by atoms with Crippen LogP contribution in [0, 0.1) is 0 Å². The number of nitrogens with zero attached hydrogens (tertiary/aromatic N) is 3. The SMILES string of the molecule is CN(Cc1ccccn1)c1ccc(CNC2CC2)cn1. The summed E-state index contributed by atoms with van der Waals surface area (Å²) in [6.07, 6.45) is 6.42. The summed E-state index contributed by atoms with van der Waals surface area (Å²) in [5, 5.41) is 3.50. The minimum Gasteiger partial charge on any atom is -0.354 e. The summed E-state index contributed by atoms with van der Waals surface area (Å²) < 4.78 is 0. The maximum atomic E-state index is 4.53. The van der Waals surface area contributed by atoms with E-state index < -0.39 is 0 Å². The van der Waals surface area contributed by atoms with Crippen molar-refractivity contribution in [3.05, 3.63) is 54.0 Å². The molecule has 0 unspecified atom stereocenters. The van der Waals surface area contributed by atoms with Gasteiger partial charge in [0.05, 0.1) is 12.2 Å². The molecule has 0 spiro atoms. The van der Waals surface area contributed by atoms with E-state index >= 15 is 0 Å². The van der Waals surface area contributed by atoms with Crippen LogP contribution in [0.1, 0.15) is 24.1 Å². The highest BCUT2D eigenvalue weighted by molar-refractivity contribution is 5.38. The van der Waals surface area contributed by atoms with E-state index in [0.29, 0.717) is 0 Å². The van der Waals surface area contributed by atoms with Crippen LogP contribution in [0.15, 0.2) is 42.7 Å². The van der Waals surface area contributed by atoms with Crippen molar-refractivity contribution in [1.82, 2.24) is 15.3 Å². The molecule has 1 fully saturated rings. The quantitative estimate of drug-likeness (QED) is 0.873. The molecule has 0 aromatic carbocycles. The number of anilines is 1. The van der Waals surface area contributed by atoms with Gasteiger partial charge in [0, 0.05) is 32.0 Å². The Balaban J connectivity index is 1.58. The van der Waals surface area contributed by atoms with Crippen LogP contribution >= 0.6 is 0 Å². The van der Waals surface area contributed by atoms with Gasteiger partial charge >= 0.3 is 0 Å². The normalized spacial score (nSPS) is 14.2. The first kappa shape index (κ1) is 13.1. The van der Waals surface area contributed by atoms with Gasteiger partial charge in [-0.25, -0.2) is 4.98 Å². The molecule has 2 aromatic rings. The molecule has 0 bridgehead atoms. The van der Waals surface area contributed by atoms with Crippen LogP contribution in [0.2, 0.25) is 0 Å². The van der Waals surface area contributed by atoms with Gasteiger partial charge in [0.1, 0.15) is 5.82 Å². The molecule has 4 nitrogen and oxygen atoms in total. The zero-order valence-electron chi connectivity index (χ0n) is 11.8. The first-order valence-corrected chi connectivity index (χ1v) is 7.10.